The Hall–Kier alpha value is -0.630. The monoisotopic (exact) mass is 441 g/mol. The van der Waals surface area contributed by atoms with Gasteiger partial charge in [0.1, 0.15) is 5.82 Å². The van der Waals surface area contributed by atoms with E-state index in [1.165, 1.54) is 12.1 Å². The first-order valence-electron chi connectivity index (χ1n) is 8.83. The maximum Gasteiger partial charge on any atom is 0.239 e. The number of carbonyl (C=O) groups excluding carboxylic acids is 1. The van der Waals surface area contributed by atoms with Crippen LogP contribution in [-0.4, -0.2) is 61.1 Å². The van der Waals surface area contributed by atoms with Crippen molar-refractivity contribution in [1.82, 2.24) is 9.80 Å². The van der Waals surface area contributed by atoms with E-state index >= 15 is 0 Å². The highest BCUT2D eigenvalue weighted by molar-refractivity contribution is 6.31. The lowest BCUT2D eigenvalue weighted by atomic mass is 9.91. The SMILES string of the molecule is Cl.Cl.NC(C(=O)N1CCN(Cc2ccc(F)cc2Cl)CC1)C1CCOCC1. The minimum atomic E-state index is -0.429. The van der Waals surface area contributed by atoms with Crippen molar-refractivity contribution >= 4 is 42.3 Å². The van der Waals surface area contributed by atoms with Crippen LogP contribution in [0.1, 0.15) is 18.4 Å². The van der Waals surface area contributed by atoms with E-state index in [9.17, 15) is 9.18 Å². The third kappa shape index (κ3) is 6.44. The number of rotatable bonds is 4. The number of carbonyl (C=O) groups is 1. The number of halogens is 4. The average molecular weight is 443 g/mol. The number of nitrogens with zero attached hydrogens (tertiary/aromatic N) is 2. The number of benzene rings is 1. The van der Waals surface area contributed by atoms with Gasteiger partial charge in [0.25, 0.3) is 0 Å². The van der Waals surface area contributed by atoms with Crippen molar-refractivity contribution in [1.29, 1.82) is 0 Å². The Morgan fingerprint density at radius 1 is 1.22 bits per heavy atom. The Bertz CT molecular complexity index is 610. The van der Waals surface area contributed by atoms with Crippen molar-refractivity contribution in [2.45, 2.75) is 25.4 Å². The zero-order chi connectivity index (χ0) is 17.8. The highest BCUT2D eigenvalue weighted by atomic mass is 35.5. The molecule has 2 saturated heterocycles. The molecule has 2 fully saturated rings. The summed E-state index contributed by atoms with van der Waals surface area (Å²) in [5.74, 6) is -0.0602. The normalized spacial score (nSPS) is 19.7. The molecule has 0 aliphatic carbocycles. The molecule has 0 bridgehead atoms. The van der Waals surface area contributed by atoms with Crippen LogP contribution in [0, 0.1) is 11.7 Å². The Labute approximate surface area is 177 Å². The average Bonchev–Trinajstić information content (AvgIpc) is 2.64. The molecule has 1 unspecified atom stereocenters. The second-order valence-corrected chi connectivity index (χ2v) is 7.22. The fraction of sp³-hybridized carbons (Fsp3) is 0.611. The molecule has 154 valence electrons. The van der Waals surface area contributed by atoms with Crippen molar-refractivity contribution in [2.24, 2.45) is 11.7 Å². The van der Waals surface area contributed by atoms with E-state index in [1.54, 1.807) is 6.07 Å². The summed E-state index contributed by atoms with van der Waals surface area (Å²) in [6.07, 6.45) is 1.71. The Morgan fingerprint density at radius 2 is 1.85 bits per heavy atom. The summed E-state index contributed by atoms with van der Waals surface area (Å²) in [4.78, 5) is 16.7. The maximum atomic E-state index is 13.1. The van der Waals surface area contributed by atoms with Crippen molar-refractivity contribution in [3.05, 3.63) is 34.6 Å². The Kier molecular flexibility index (Phi) is 10.3. The van der Waals surface area contributed by atoms with E-state index in [2.05, 4.69) is 4.90 Å². The lowest BCUT2D eigenvalue weighted by Crippen LogP contribution is -2.55. The fourth-order valence-corrected chi connectivity index (χ4v) is 3.73. The predicted molar refractivity (Wildman–Crippen MR) is 109 cm³/mol. The lowest BCUT2D eigenvalue weighted by molar-refractivity contribution is -0.136. The molecule has 2 N–H and O–H groups in total. The second-order valence-electron chi connectivity index (χ2n) is 6.81. The van der Waals surface area contributed by atoms with E-state index in [4.69, 9.17) is 22.1 Å². The van der Waals surface area contributed by atoms with Crippen molar-refractivity contribution in [3.63, 3.8) is 0 Å². The highest BCUT2D eigenvalue weighted by Crippen LogP contribution is 2.21. The molecule has 27 heavy (non-hydrogen) atoms. The third-order valence-corrected chi connectivity index (χ3v) is 5.50. The van der Waals surface area contributed by atoms with E-state index in [0.29, 0.717) is 37.9 Å². The largest absolute Gasteiger partial charge is 0.381 e. The van der Waals surface area contributed by atoms with Gasteiger partial charge in [0.05, 0.1) is 6.04 Å². The number of hydrogen-bond acceptors (Lipinski definition) is 4. The molecule has 1 amide bonds. The molecule has 1 aromatic carbocycles. The Balaban J connectivity index is 0.00000182. The smallest absolute Gasteiger partial charge is 0.239 e. The number of hydrogen-bond donors (Lipinski definition) is 1. The molecule has 2 heterocycles. The fourth-order valence-electron chi connectivity index (χ4n) is 3.50. The van der Waals surface area contributed by atoms with Gasteiger partial charge in [0.2, 0.25) is 5.91 Å². The van der Waals surface area contributed by atoms with Crippen molar-refractivity contribution < 1.29 is 13.9 Å². The first kappa shape index (κ1) is 24.4. The molecule has 5 nitrogen and oxygen atoms in total. The summed E-state index contributed by atoms with van der Waals surface area (Å²) >= 11 is 6.10. The summed E-state index contributed by atoms with van der Waals surface area (Å²) in [6, 6.07) is 4.05. The molecule has 9 heteroatoms. The number of amides is 1. The van der Waals surface area contributed by atoms with Crippen LogP contribution in [0.2, 0.25) is 5.02 Å². The van der Waals surface area contributed by atoms with E-state index < -0.39 is 6.04 Å². The molecule has 2 aliphatic heterocycles. The van der Waals surface area contributed by atoms with E-state index in [1.807, 2.05) is 4.90 Å². The minimum absolute atomic E-state index is 0. The molecular weight excluding hydrogens is 416 g/mol. The van der Waals surface area contributed by atoms with Crippen LogP contribution in [0.15, 0.2) is 18.2 Å². The summed E-state index contributed by atoms with van der Waals surface area (Å²) in [5.41, 5.74) is 7.11. The number of ether oxygens (including phenoxy) is 1. The predicted octanol–water partition coefficient (Wildman–Crippen LogP) is 2.72. The van der Waals surface area contributed by atoms with Gasteiger partial charge in [0.15, 0.2) is 0 Å². The quantitative estimate of drug-likeness (QED) is 0.779. The van der Waals surface area contributed by atoms with Crippen molar-refractivity contribution in [2.75, 3.05) is 39.4 Å². The summed E-state index contributed by atoms with van der Waals surface area (Å²) in [5, 5.41) is 0.444. The number of piperazine rings is 1. The number of nitrogens with two attached hydrogens (primary N) is 1. The lowest BCUT2D eigenvalue weighted by Gasteiger charge is -2.37. The van der Waals surface area contributed by atoms with Crippen molar-refractivity contribution in [3.8, 4) is 0 Å². The van der Waals surface area contributed by atoms with E-state index in [0.717, 1.165) is 31.5 Å². The van der Waals surface area contributed by atoms with Crippen LogP contribution in [0.3, 0.4) is 0 Å². The van der Waals surface area contributed by atoms with E-state index in [-0.39, 0.29) is 42.5 Å². The molecule has 0 saturated carbocycles. The topological polar surface area (TPSA) is 58.8 Å². The van der Waals surface area contributed by atoms with Gasteiger partial charge in [-0.15, -0.1) is 24.8 Å². The zero-order valence-electron chi connectivity index (χ0n) is 15.1. The summed E-state index contributed by atoms with van der Waals surface area (Å²) in [6.45, 7) is 4.89. The van der Waals surface area contributed by atoms with Crippen LogP contribution in [-0.2, 0) is 16.1 Å². The zero-order valence-corrected chi connectivity index (χ0v) is 17.5. The molecule has 0 spiro atoms. The summed E-state index contributed by atoms with van der Waals surface area (Å²) in [7, 11) is 0. The van der Waals surface area contributed by atoms with Crippen LogP contribution >= 0.6 is 36.4 Å². The molecular formula is C18H27Cl3FN3O2. The van der Waals surface area contributed by atoms with Gasteiger partial charge in [-0.1, -0.05) is 17.7 Å². The standard InChI is InChI=1S/C18H25ClFN3O2.2ClH/c19-16-11-15(20)2-1-14(16)12-22-5-7-23(8-6-22)18(24)17(21)13-3-9-25-10-4-13;;/h1-2,11,13,17H,3-10,12,21H2;2*1H. The third-order valence-electron chi connectivity index (χ3n) is 5.15. The van der Waals surface area contributed by atoms with Gasteiger partial charge in [-0.05, 0) is 36.5 Å². The summed E-state index contributed by atoms with van der Waals surface area (Å²) < 4.78 is 18.5. The van der Waals surface area contributed by atoms with Gasteiger partial charge in [-0.3, -0.25) is 9.69 Å². The van der Waals surface area contributed by atoms with Gasteiger partial charge in [0, 0.05) is 51.0 Å². The maximum absolute atomic E-state index is 13.1. The molecule has 2 aliphatic rings. The molecule has 1 aromatic rings. The van der Waals surface area contributed by atoms with Gasteiger partial charge < -0.3 is 15.4 Å². The molecule has 3 rings (SSSR count). The first-order chi connectivity index (χ1) is 12.0. The van der Waals surface area contributed by atoms with Gasteiger partial charge in [-0.2, -0.15) is 0 Å². The molecule has 1 atom stereocenters. The first-order valence-corrected chi connectivity index (χ1v) is 9.21. The van der Waals surface area contributed by atoms with Crippen LogP contribution in [0.5, 0.6) is 0 Å². The second kappa shape index (κ2) is 11.4. The molecule has 0 radical (unpaired) electrons. The Morgan fingerprint density at radius 3 is 2.44 bits per heavy atom. The van der Waals surface area contributed by atoms with Crippen LogP contribution < -0.4 is 5.73 Å². The van der Waals surface area contributed by atoms with Gasteiger partial charge in [-0.25, -0.2) is 4.39 Å². The highest BCUT2D eigenvalue weighted by Gasteiger charge is 2.31. The minimum Gasteiger partial charge on any atom is -0.381 e. The van der Waals surface area contributed by atoms with Gasteiger partial charge >= 0.3 is 0 Å². The van der Waals surface area contributed by atoms with Crippen LogP contribution in [0.4, 0.5) is 4.39 Å². The van der Waals surface area contributed by atoms with Crippen LogP contribution in [0.25, 0.3) is 0 Å². The molecule has 0 aromatic heterocycles.